The van der Waals surface area contributed by atoms with Gasteiger partial charge in [0.2, 0.25) is 0 Å². The van der Waals surface area contributed by atoms with E-state index < -0.39 is 6.10 Å². The molecule has 0 amide bonds. The van der Waals surface area contributed by atoms with Crippen molar-refractivity contribution < 1.29 is 14.3 Å². The van der Waals surface area contributed by atoms with Crippen LogP contribution in [-0.2, 0) is 0 Å². The van der Waals surface area contributed by atoms with Crippen LogP contribution in [0.25, 0.3) is 33.2 Å². The molecule has 1 N–H and O–H groups in total. The Labute approximate surface area is 198 Å². The van der Waals surface area contributed by atoms with Crippen LogP contribution in [0.5, 0.6) is 0 Å². The summed E-state index contributed by atoms with van der Waals surface area (Å²) in [6.07, 6.45) is 5.84. The topological polar surface area (TPSA) is 63.1 Å². The lowest BCUT2D eigenvalue weighted by molar-refractivity contribution is 0.0864. The molecule has 4 nitrogen and oxygen atoms in total. The molecule has 1 aliphatic carbocycles. The van der Waals surface area contributed by atoms with Crippen molar-refractivity contribution in [2.45, 2.75) is 45.6 Å². The molecule has 1 aliphatic rings. The standard InChI is InChI=1S/C29H27FN2O2/c1-17-14-25-29(18(2)28(17)19-10-12-31-13-11-19)22(21-7-3-4-8-23(21)30)16-24(32-25)27(34)15-20-6-5-9-26(20)33/h3-4,7-8,10-14,16,20,26,33H,5-6,9,15H2,1-2H3/t20-,26+/m0/s1. The second-order valence-electron chi connectivity index (χ2n) is 9.24. The highest BCUT2D eigenvalue weighted by molar-refractivity contribution is 6.05. The largest absolute Gasteiger partial charge is 0.393 e. The van der Waals surface area contributed by atoms with Crippen molar-refractivity contribution in [1.82, 2.24) is 9.97 Å². The quantitative estimate of drug-likeness (QED) is 0.352. The number of halogens is 1. The van der Waals surface area contributed by atoms with Crippen molar-refractivity contribution in [3.63, 3.8) is 0 Å². The monoisotopic (exact) mass is 454 g/mol. The number of pyridine rings is 2. The number of hydrogen-bond acceptors (Lipinski definition) is 4. The fourth-order valence-electron chi connectivity index (χ4n) is 5.36. The van der Waals surface area contributed by atoms with Crippen molar-refractivity contribution in [2.75, 3.05) is 0 Å². The molecular weight excluding hydrogens is 427 g/mol. The van der Waals surface area contributed by atoms with Gasteiger partial charge < -0.3 is 5.11 Å². The Morgan fingerprint density at radius 2 is 1.82 bits per heavy atom. The van der Waals surface area contributed by atoms with E-state index in [0.29, 0.717) is 22.3 Å². The van der Waals surface area contributed by atoms with Crippen LogP contribution in [0.1, 0.15) is 47.3 Å². The fourth-order valence-corrected chi connectivity index (χ4v) is 5.36. The number of rotatable bonds is 5. The van der Waals surface area contributed by atoms with Gasteiger partial charge >= 0.3 is 0 Å². The number of aryl methyl sites for hydroxylation is 2. The highest BCUT2D eigenvalue weighted by Crippen LogP contribution is 2.39. The number of ketones is 1. The van der Waals surface area contributed by atoms with Crippen molar-refractivity contribution in [1.29, 1.82) is 0 Å². The normalized spacial score (nSPS) is 17.9. The minimum Gasteiger partial charge on any atom is -0.393 e. The molecule has 2 aromatic carbocycles. The number of nitrogens with zero attached hydrogens (tertiary/aromatic N) is 2. The van der Waals surface area contributed by atoms with Crippen molar-refractivity contribution in [3.05, 3.63) is 83.6 Å². The number of hydrogen-bond donors (Lipinski definition) is 1. The van der Waals surface area contributed by atoms with Gasteiger partial charge in [0, 0.05) is 29.8 Å². The van der Waals surface area contributed by atoms with Crippen LogP contribution in [0.3, 0.4) is 0 Å². The average Bonchev–Trinajstić information content (AvgIpc) is 3.23. The zero-order valence-corrected chi connectivity index (χ0v) is 19.4. The van der Waals surface area contributed by atoms with Crippen LogP contribution in [-0.4, -0.2) is 27.0 Å². The first-order valence-corrected chi connectivity index (χ1v) is 11.8. The summed E-state index contributed by atoms with van der Waals surface area (Å²) < 4.78 is 15.0. The second-order valence-corrected chi connectivity index (χ2v) is 9.24. The molecule has 0 radical (unpaired) electrons. The smallest absolute Gasteiger partial charge is 0.181 e. The van der Waals surface area contributed by atoms with Crippen LogP contribution >= 0.6 is 0 Å². The first-order chi connectivity index (χ1) is 16.4. The lowest BCUT2D eigenvalue weighted by Gasteiger charge is -2.18. The van der Waals surface area contributed by atoms with Crippen LogP contribution in [0.15, 0.2) is 60.9 Å². The Morgan fingerprint density at radius 3 is 2.53 bits per heavy atom. The fraction of sp³-hybridized carbons (Fsp3) is 0.276. The summed E-state index contributed by atoms with van der Waals surface area (Å²) in [6.45, 7) is 4.05. The minimum atomic E-state index is -0.442. The Bertz CT molecular complexity index is 1380. The Balaban J connectivity index is 1.73. The van der Waals surface area contributed by atoms with E-state index in [9.17, 15) is 9.90 Å². The number of carbonyl (C=O) groups excluding carboxylic acids is 1. The van der Waals surface area contributed by atoms with E-state index in [4.69, 9.17) is 4.98 Å². The van der Waals surface area contributed by atoms with E-state index in [2.05, 4.69) is 4.98 Å². The molecule has 0 spiro atoms. The summed E-state index contributed by atoms with van der Waals surface area (Å²) in [4.78, 5) is 22.1. The molecular formula is C29H27FN2O2. The number of aliphatic hydroxyl groups is 1. The van der Waals surface area contributed by atoms with Crippen LogP contribution in [0, 0.1) is 25.6 Å². The molecule has 2 atom stereocenters. The SMILES string of the molecule is Cc1cc2nc(C(=O)C[C@@H]3CCC[C@H]3O)cc(-c3ccccc3F)c2c(C)c1-c1ccncc1. The van der Waals surface area contributed by atoms with Gasteiger partial charge in [0.25, 0.3) is 0 Å². The van der Waals surface area contributed by atoms with Gasteiger partial charge in [-0.3, -0.25) is 9.78 Å². The Hall–Kier alpha value is -3.44. The predicted molar refractivity (Wildman–Crippen MR) is 132 cm³/mol. The summed E-state index contributed by atoms with van der Waals surface area (Å²) in [7, 11) is 0. The van der Waals surface area contributed by atoms with Gasteiger partial charge in [-0.1, -0.05) is 24.6 Å². The lowest BCUT2D eigenvalue weighted by Crippen LogP contribution is -2.18. The Morgan fingerprint density at radius 1 is 1.06 bits per heavy atom. The van der Waals surface area contributed by atoms with Gasteiger partial charge in [-0.2, -0.15) is 0 Å². The number of benzene rings is 2. The minimum absolute atomic E-state index is 0.0422. The summed E-state index contributed by atoms with van der Waals surface area (Å²) in [5.41, 5.74) is 6.19. The van der Waals surface area contributed by atoms with Crippen LogP contribution < -0.4 is 0 Å². The third-order valence-corrected chi connectivity index (χ3v) is 7.03. The van der Waals surface area contributed by atoms with Gasteiger partial charge in [0.15, 0.2) is 5.78 Å². The molecule has 2 aromatic heterocycles. The number of carbonyl (C=O) groups is 1. The predicted octanol–water partition coefficient (Wildman–Crippen LogP) is 6.45. The van der Waals surface area contributed by atoms with Crippen LogP contribution in [0.2, 0.25) is 0 Å². The summed E-state index contributed by atoms with van der Waals surface area (Å²) in [5.74, 6) is -0.497. The molecule has 172 valence electrons. The first kappa shape index (κ1) is 22.4. The highest BCUT2D eigenvalue weighted by Gasteiger charge is 2.29. The van der Waals surface area contributed by atoms with E-state index in [1.807, 2.05) is 32.0 Å². The summed E-state index contributed by atoms with van der Waals surface area (Å²) in [5, 5.41) is 11.0. The van der Waals surface area contributed by atoms with Gasteiger partial charge in [0.05, 0.1) is 11.6 Å². The van der Waals surface area contributed by atoms with Gasteiger partial charge in [0.1, 0.15) is 11.5 Å². The van der Waals surface area contributed by atoms with E-state index >= 15 is 4.39 Å². The van der Waals surface area contributed by atoms with Crippen molar-refractivity contribution in [3.8, 4) is 22.3 Å². The number of fused-ring (bicyclic) bond motifs is 1. The molecule has 34 heavy (non-hydrogen) atoms. The van der Waals surface area contributed by atoms with Gasteiger partial charge in [-0.25, -0.2) is 9.37 Å². The molecule has 1 fully saturated rings. The van der Waals surface area contributed by atoms with E-state index in [-0.39, 0.29) is 23.9 Å². The zero-order valence-electron chi connectivity index (χ0n) is 19.4. The third kappa shape index (κ3) is 4.01. The van der Waals surface area contributed by atoms with E-state index in [1.165, 1.54) is 6.07 Å². The van der Waals surface area contributed by atoms with Crippen molar-refractivity contribution >= 4 is 16.7 Å². The van der Waals surface area contributed by atoms with E-state index in [0.717, 1.165) is 46.9 Å². The first-order valence-electron chi connectivity index (χ1n) is 11.8. The number of aromatic nitrogens is 2. The number of aliphatic hydroxyl groups excluding tert-OH is 1. The van der Waals surface area contributed by atoms with Gasteiger partial charge in [-0.15, -0.1) is 0 Å². The zero-order chi connectivity index (χ0) is 23.8. The van der Waals surface area contributed by atoms with Crippen LogP contribution in [0.4, 0.5) is 4.39 Å². The lowest BCUT2D eigenvalue weighted by atomic mass is 9.88. The maximum absolute atomic E-state index is 15.0. The van der Waals surface area contributed by atoms with Gasteiger partial charge in [-0.05, 0) is 90.8 Å². The highest BCUT2D eigenvalue weighted by atomic mass is 19.1. The molecule has 0 saturated heterocycles. The third-order valence-electron chi connectivity index (χ3n) is 7.03. The number of Topliss-reactive ketones (excluding diaryl/α,β-unsaturated/α-hetero) is 1. The molecule has 0 bridgehead atoms. The maximum Gasteiger partial charge on any atom is 0.181 e. The maximum atomic E-state index is 15.0. The van der Waals surface area contributed by atoms with E-state index in [1.54, 1.807) is 36.7 Å². The molecule has 1 saturated carbocycles. The van der Waals surface area contributed by atoms with Crippen molar-refractivity contribution in [2.24, 2.45) is 5.92 Å². The summed E-state index contributed by atoms with van der Waals surface area (Å²) >= 11 is 0. The Kier molecular flexibility index (Phi) is 5.96. The molecule has 2 heterocycles. The average molecular weight is 455 g/mol. The summed E-state index contributed by atoms with van der Waals surface area (Å²) in [6, 6.07) is 14.3. The molecule has 0 aliphatic heterocycles. The molecule has 5 heteroatoms. The molecule has 0 unspecified atom stereocenters. The molecule has 4 aromatic rings. The molecule has 5 rings (SSSR count). The second kappa shape index (κ2) is 9.07.